The van der Waals surface area contributed by atoms with Crippen molar-refractivity contribution in [2.45, 2.75) is 63.6 Å². The van der Waals surface area contributed by atoms with Crippen molar-refractivity contribution in [3.05, 3.63) is 48.8 Å². The largest absolute Gasteiger partial charge is 0.393 e. The van der Waals surface area contributed by atoms with Crippen molar-refractivity contribution in [2.24, 2.45) is 0 Å². The molecule has 5 heterocycles. The number of hydrogen-bond acceptors (Lipinski definition) is 9. The lowest BCUT2D eigenvalue weighted by molar-refractivity contribution is 0.182. The van der Waals surface area contributed by atoms with Gasteiger partial charge in [-0.2, -0.15) is 5.10 Å². The van der Waals surface area contributed by atoms with Gasteiger partial charge in [0.25, 0.3) is 0 Å². The fourth-order valence-electron chi connectivity index (χ4n) is 5.55. The van der Waals surface area contributed by atoms with Crippen LogP contribution in [0.2, 0.25) is 0 Å². The van der Waals surface area contributed by atoms with Gasteiger partial charge in [-0.3, -0.25) is 9.67 Å². The van der Waals surface area contributed by atoms with Crippen molar-refractivity contribution in [1.29, 1.82) is 0 Å². The number of anilines is 3. The van der Waals surface area contributed by atoms with E-state index in [1.807, 2.05) is 24.7 Å². The van der Waals surface area contributed by atoms with Crippen molar-refractivity contribution in [2.75, 3.05) is 29.0 Å². The summed E-state index contributed by atoms with van der Waals surface area (Å²) in [5.41, 5.74) is 11.4. The molecule has 1 saturated carbocycles. The second-order valence-corrected chi connectivity index (χ2v) is 10.1. The predicted octanol–water partition coefficient (Wildman–Crippen LogP) is 3.59. The molecule has 0 spiro atoms. The first-order valence-corrected chi connectivity index (χ1v) is 13.2. The fraction of sp³-hybridized carbons (Fsp3) is 0.444. The van der Waals surface area contributed by atoms with E-state index < -0.39 is 0 Å². The number of aliphatic hydroxyl groups is 1. The van der Waals surface area contributed by atoms with Crippen LogP contribution in [0.25, 0.3) is 22.2 Å². The Kier molecular flexibility index (Phi) is 6.33. The van der Waals surface area contributed by atoms with Crippen molar-refractivity contribution in [1.82, 2.24) is 29.7 Å². The number of nitrogen functional groups attached to an aromatic ring is 1. The molecule has 2 fully saturated rings. The second kappa shape index (κ2) is 9.93. The van der Waals surface area contributed by atoms with E-state index in [2.05, 4.69) is 44.1 Å². The summed E-state index contributed by atoms with van der Waals surface area (Å²) < 4.78 is 2.07. The SMILES string of the molecule is CCc1nc2c(N)ncc(-c3cnn(C4CCN(c5cccnc5)CC4)c3)c2nc1N[C@@H]1CC[C@H](O)C1. The summed E-state index contributed by atoms with van der Waals surface area (Å²) in [6.45, 7) is 3.99. The zero-order chi connectivity index (χ0) is 25.4. The molecule has 0 bridgehead atoms. The van der Waals surface area contributed by atoms with Crippen LogP contribution in [0.15, 0.2) is 43.1 Å². The monoisotopic (exact) mass is 499 g/mol. The lowest BCUT2D eigenvalue weighted by Gasteiger charge is -2.33. The Morgan fingerprint density at radius 2 is 1.95 bits per heavy atom. The van der Waals surface area contributed by atoms with Gasteiger partial charge in [-0.15, -0.1) is 0 Å². The summed E-state index contributed by atoms with van der Waals surface area (Å²) in [7, 11) is 0. The van der Waals surface area contributed by atoms with Crippen molar-refractivity contribution < 1.29 is 5.11 Å². The van der Waals surface area contributed by atoms with Crippen LogP contribution in [-0.2, 0) is 6.42 Å². The van der Waals surface area contributed by atoms with Crippen LogP contribution in [0, 0.1) is 0 Å². The lowest BCUT2D eigenvalue weighted by Crippen LogP contribution is -2.34. The highest BCUT2D eigenvalue weighted by Crippen LogP contribution is 2.33. The third-order valence-electron chi connectivity index (χ3n) is 7.64. The van der Waals surface area contributed by atoms with Crippen molar-refractivity contribution >= 4 is 28.4 Å². The Morgan fingerprint density at radius 3 is 2.68 bits per heavy atom. The van der Waals surface area contributed by atoms with E-state index in [-0.39, 0.29) is 12.1 Å². The van der Waals surface area contributed by atoms with Crippen LogP contribution in [-0.4, -0.2) is 60.1 Å². The molecule has 2 aliphatic rings. The van der Waals surface area contributed by atoms with Crippen LogP contribution in [0.1, 0.15) is 50.8 Å². The molecule has 37 heavy (non-hydrogen) atoms. The summed E-state index contributed by atoms with van der Waals surface area (Å²) in [4.78, 5) is 20.9. The zero-order valence-electron chi connectivity index (χ0n) is 21.1. The lowest BCUT2D eigenvalue weighted by atomic mass is 10.0. The van der Waals surface area contributed by atoms with Gasteiger partial charge >= 0.3 is 0 Å². The summed E-state index contributed by atoms with van der Waals surface area (Å²) >= 11 is 0. The number of nitrogens with two attached hydrogens (primary N) is 1. The van der Waals surface area contributed by atoms with E-state index in [1.54, 1.807) is 6.20 Å². The summed E-state index contributed by atoms with van der Waals surface area (Å²) in [5.74, 6) is 1.13. The van der Waals surface area contributed by atoms with E-state index in [1.165, 1.54) is 5.69 Å². The quantitative estimate of drug-likeness (QED) is 0.364. The maximum absolute atomic E-state index is 9.97. The molecule has 0 aromatic carbocycles. The van der Waals surface area contributed by atoms with Gasteiger partial charge in [-0.05, 0) is 50.7 Å². The molecule has 0 unspecified atom stereocenters. The molecule has 4 aromatic heterocycles. The number of piperidine rings is 1. The number of pyridine rings is 2. The van der Waals surface area contributed by atoms with Crippen LogP contribution < -0.4 is 16.0 Å². The molecule has 0 amide bonds. The van der Waals surface area contributed by atoms with E-state index in [9.17, 15) is 5.11 Å². The Labute approximate surface area is 216 Å². The topological polar surface area (TPSA) is 131 Å². The number of fused-ring (bicyclic) bond motifs is 1. The van der Waals surface area contributed by atoms with Crippen LogP contribution in [0.3, 0.4) is 0 Å². The second-order valence-electron chi connectivity index (χ2n) is 10.1. The normalized spacial score (nSPS) is 20.5. The molecule has 10 heteroatoms. The number of aryl methyl sites for hydroxylation is 1. The summed E-state index contributed by atoms with van der Waals surface area (Å²) in [6.07, 6.45) is 14.4. The van der Waals surface area contributed by atoms with Gasteiger partial charge in [0, 0.05) is 48.8 Å². The first kappa shape index (κ1) is 23.6. The maximum atomic E-state index is 9.97. The molecule has 6 rings (SSSR count). The highest BCUT2D eigenvalue weighted by atomic mass is 16.3. The third-order valence-corrected chi connectivity index (χ3v) is 7.64. The first-order valence-electron chi connectivity index (χ1n) is 13.2. The highest BCUT2D eigenvalue weighted by molar-refractivity contribution is 5.96. The average molecular weight is 500 g/mol. The molecule has 1 aliphatic carbocycles. The Hall–Kier alpha value is -3.79. The summed E-state index contributed by atoms with van der Waals surface area (Å²) in [5, 5.41) is 18.2. The fourth-order valence-corrected chi connectivity index (χ4v) is 5.55. The van der Waals surface area contributed by atoms with Crippen molar-refractivity contribution in [3.8, 4) is 11.1 Å². The minimum atomic E-state index is -0.256. The Morgan fingerprint density at radius 1 is 1.08 bits per heavy atom. The average Bonchev–Trinajstić information content (AvgIpc) is 3.58. The summed E-state index contributed by atoms with van der Waals surface area (Å²) in [6, 6.07) is 4.62. The van der Waals surface area contributed by atoms with E-state index in [0.29, 0.717) is 17.4 Å². The molecular formula is C27H33N9O. The van der Waals surface area contributed by atoms with Gasteiger partial charge in [-0.1, -0.05) is 6.92 Å². The molecule has 1 aliphatic heterocycles. The first-order chi connectivity index (χ1) is 18.1. The van der Waals surface area contributed by atoms with Crippen LogP contribution >= 0.6 is 0 Å². The molecule has 4 aromatic rings. The standard InChI is InChI=1S/C27H33N9O/c1-2-23-27(32-18-5-6-21(37)12-18)34-24-22(15-30-26(28)25(24)33-23)17-13-31-36(16-17)19-7-10-35(11-8-19)20-4-3-9-29-14-20/h3-4,9,13-16,18-19,21,37H,2,5-8,10-12H2,1H3,(H2,28,30)(H,32,34)/t18-,21+/m1/s1. The molecule has 0 radical (unpaired) electrons. The van der Waals surface area contributed by atoms with Gasteiger partial charge in [0.05, 0.1) is 35.9 Å². The van der Waals surface area contributed by atoms with E-state index in [4.69, 9.17) is 20.8 Å². The van der Waals surface area contributed by atoms with Crippen LogP contribution in [0.4, 0.5) is 17.3 Å². The number of nitrogens with zero attached hydrogens (tertiary/aromatic N) is 7. The van der Waals surface area contributed by atoms with Gasteiger partial charge in [0.2, 0.25) is 0 Å². The number of aliphatic hydroxyl groups excluding tert-OH is 1. The van der Waals surface area contributed by atoms with Gasteiger partial charge in [0.1, 0.15) is 16.9 Å². The van der Waals surface area contributed by atoms with Crippen LogP contribution in [0.5, 0.6) is 0 Å². The molecule has 10 nitrogen and oxygen atoms in total. The number of aromatic nitrogens is 6. The van der Waals surface area contributed by atoms with Crippen molar-refractivity contribution in [3.63, 3.8) is 0 Å². The number of rotatable bonds is 6. The smallest absolute Gasteiger partial charge is 0.151 e. The zero-order valence-corrected chi connectivity index (χ0v) is 21.1. The molecule has 4 N–H and O–H groups in total. The minimum absolute atomic E-state index is 0.190. The van der Waals surface area contributed by atoms with E-state index in [0.717, 1.165) is 79.8 Å². The number of nitrogens with one attached hydrogen (secondary N) is 1. The molecule has 1 saturated heterocycles. The van der Waals surface area contributed by atoms with Gasteiger partial charge < -0.3 is 21.1 Å². The Bertz CT molecular complexity index is 1380. The van der Waals surface area contributed by atoms with Gasteiger partial charge in [-0.25, -0.2) is 15.0 Å². The third kappa shape index (κ3) is 4.69. The predicted molar refractivity (Wildman–Crippen MR) is 144 cm³/mol. The molecular weight excluding hydrogens is 466 g/mol. The Balaban J connectivity index is 1.27. The highest BCUT2D eigenvalue weighted by Gasteiger charge is 2.25. The van der Waals surface area contributed by atoms with E-state index >= 15 is 0 Å². The molecule has 2 atom stereocenters. The van der Waals surface area contributed by atoms with Gasteiger partial charge in [0.15, 0.2) is 5.82 Å². The maximum Gasteiger partial charge on any atom is 0.151 e. The molecule has 192 valence electrons. The number of hydrogen-bond donors (Lipinski definition) is 3. The minimum Gasteiger partial charge on any atom is -0.393 e.